The number of aryl methyl sites for hydroxylation is 1. The second-order valence-corrected chi connectivity index (χ2v) is 6.13. The second kappa shape index (κ2) is 6.83. The van der Waals surface area contributed by atoms with Crippen molar-refractivity contribution in [1.29, 1.82) is 0 Å². The maximum absolute atomic E-state index is 13.0. The first-order valence-corrected chi connectivity index (χ1v) is 8.26. The predicted molar refractivity (Wildman–Crippen MR) is 96.5 cm³/mol. The predicted octanol–water partition coefficient (Wildman–Crippen LogP) is 4.55. The largest absolute Gasteiger partial charge is 0.344 e. The van der Waals surface area contributed by atoms with Crippen LogP contribution in [0.4, 0.5) is 0 Å². The van der Waals surface area contributed by atoms with Gasteiger partial charge in [-0.05, 0) is 26.3 Å². The Morgan fingerprint density at radius 3 is 2.33 bits per heavy atom. The summed E-state index contributed by atoms with van der Waals surface area (Å²) in [7, 11) is 0. The van der Waals surface area contributed by atoms with Crippen molar-refractivity contribution in [2.75, 3.05) is 0 Å². The summed E-state index contributed by atoms with van der Waals surface area (Å²) >= 11 is 0. The number of carbonyl (C=O) groups is 2. The van der Waals surface area contributed by atoms with Crippen molar-refractivity contribution >= 4 is 22.5 Å². The Balaban J connectivity index is 2.06. The van der Waals surface area contributed by atoms with E-state index in [0.717, 1.165) is 35.1 Å². The molecule has 0 radical (unpaired) electrons. The summed E-state index contributed by atoms with van der Waals surface area (Å²) in [5.41, 5.74) is 3.48. The molecule has 122 valence electrons. The first-order chi connectivity index (χ1) is 11.6. The number of fused-ring (bicyclic) bond motifs is 1. The molecule has 0 fully saturated rings. The van der Waals surface area contributed by atoms with Crippen molar-refractivity contribution in [1.82, 2.24) is 4.57 Å². The molecular formula is C21H21NO2. The SMILES string of the molecule is CC(=O)CCCn1c(C)c(C(=O)c2ccccc2)c2ccccc21. The molecule has 0 bridgehead atoms. The van der Waals surface area contributed by atoms with Gasteiger partial charge in [0.1, 0.15) is 5.78 Å². The van der Waals surface area contributed by atoms with Crippen LogP contribution in [0.1, 0.15) is 41.4 Å². The van der Waals surface area contributed by atoms with Gasteiger partial charge in [-0.3, -0.25) is 4.79 Å². The van der Waals surface area contributed by atoms with E-state index >= 15 is 0 Å². The van der Waals surface area contributed by atoms with E-state index in [0.29, 0.717) is 12.0 Å². The summed E-state index contributed by atoms with van der Waals surface area (Å²) in [5, 5.41) is 0.978. The molecule has 0 N–H and O–H groups in total. The van der Waals surface area contributed by atoms with Gasteiger partial charge in [-0.15, -0.1) is 0 Å². The maximum Gasteiger partial charge on any atom is 0.195 e. The highest BCUT2D eigenvalue weighted by atomic mass is 16.1. The van der Waals surface area contributed by atoms with Crippen molar-refractivity contribution < 1.29 is 9.59 Å². The number of benzene rings is 2. The molecule has 1 aromatic heterocycles. The molecule has 0 aliphatic carbocycles. The number of ketones is 2. The van der Waals surface area contributed by atoms with E-state index in [4.69, 9.17) is 0 Å². The molecule has 3 nitrogen and oxygen atoms in total. The van der Waals surface area contributed by atoms with Gasteiger partial charge in [0.2, 0.25) is 0 Å². The van der Waals surface area contributed by atoms with Gasteiger partial charge in [0, 0.05) is 35.1 Å². The van der Waals surface area contributed by atoms with Crippen LogP contribution in [0.15, 0.2) is 54.6 Å². The number of carbonyl (C=O) groups excluding carboxylic acids is 2. The summed E-state index contributed by atoms with van der Waals surface area (Å²) in [5.74, 6) is 0.249. The Hall–Kier alpha value is -2.68. The minimum absolute atomic E-state index is 0.0506. The fourth-order valence-corrected chi connectivity index (χ4v) is 3.23. The van der Waals surface area contributed by atoms with Gasteiger partial charge in [-0.1, -0.05) is 48.5 Å². The molecule has 1 heterocycles. The van der Waals surface area contributed by atoms with Gasteiger partial charge in [0.25, 0.3) is 0 Å². The van der Waals surface area contributed by atoms with Gasteiger partial charge >= 0.3 is 0 Å². The minimum atomic E-state index is 0.0506. The highest BCUT2D eigenvalue weighted by Gasteiger charge is 2.20. The fraction of sp³-hybridized carbons (Fsp3) is 0.238. The molecule has 0 saturated heterocycles. The first-order valence-electron chi connectivity index (χ1n) is 8.26. The molecule has 3 heteroatoms. The van der Waals surface area contributed by atoms with E-state index in [1.165, 1.54) is 0 Å². The van der Waals surface area contributed by atoms with Crippen LogP contribution in [-0.2, 0) is 11.3 Å². The Morgan fingerprint density at radius 1 is 0.958 bits per heavy atom. The van der Waals surface area contributed by atoms with Crippen LogP contribution in [0.25, 0.3) is 10.9 Å². The van der Waals surface area contributed by atoms with E-state index in [1.807, 2.05) is 61.5 Å². The molecule has 0 amide bonds. The van der Waals surface area contributed by atoms with Crippen LogP contribution in [0.5, 0.6) is 0 Å². The van der Waals surface area contributed by atoms with Crippen LogP contribution >= 0.6 is 0 Å². The van der Waals surface area contributed by atoms with E-state index in [2.05, 4.69) is 4.57 Å². The number of hydrogen-bond acceptors (Lipinski definition) is 2. The van der Waals surface area contributed by atoms with E-state index < -0.39 is 0 Å². The molecule has 0 saturated carbocycles. The van der Waals surface area contributed by atoms with Crippen molar-refractivity contribution in [2.24, 2.45) is 0 Å². The summed E-state index contributed by atoms with van der Waals surface area (Å²) in [6.07, 6.45) is 1.35. The summed E-state index contributed by atoms with van der Waals surface area (Å²) in [6, 6.07) is 17.4. The first kappa shape index (κ1) is 16.2. The van der Waals surface area contributed by atoms with Crippen molar-refractivity contribution in [3.63, 3.8) is 0 Å². The Bertz CT molecular complexity index is 891. The number of nitrogens with zero attached hydrogens (tertiary/aromatic N) is 1. The maximum atomic E-state index is 13.0. The average molecular weight is 319 g/mol. The third kappa shape index (κ3) is 3.02. The smallest absolute Gasteiger partial charge is 0.195 e. The van der Waals surface area contributed by atoms with Gasteiger partial charge in [-0.2, -0.15) is 0 Å². The molecule has 0 aliphatic rings. The lowest BCUT2D eigenvalue weighted by Crippen LogP contribution is -2.06. The average Bonchev–Trinajstić information content (AvgIpc) is 2.87. The molecule has 0 spiro atoms. The zero-order chi connectivity index (χ0) is 17.1. The van der Waals surface area contributed by atoms with Crippen molar-refractivity contribution in [3.8, 4) is 0 Å². The van der Waals surface area contributed by atoms with E-state index in [9.17, 15) is 9.59 Å². The zero-order valence-corrected chi connectivity index (χ0v) is 14.1. The zero-order valence-electron chi connectivity index (χ0n) is 14.1. The lowest BCUT2D eigenvalue weighted by Gasteiger charge is -2.08. The standard InChI is InChI=1S/C21H21NO2/c1-15(23)9-8-14-22-16(2)20(18-12-6-7-13-19(18)22)21(24)17-10-4-3-5-11-17/h3-7,10-13H,8-9,14H2,1-2H3. The second-order valence-electron chi connectivity index (χ2n) is 6.13. The van der Waals surface area contributed by atoms with Gasteiger partial charge < -0.3 is 9.36 Å². The molecule has 0 atom stereocenters. The fourth-order valence-electron chi connectivity index (χ4n) is 3.23. The Morgan fingerprint density at radius 2 is 1.62 bits per heavy atom. The lowest BCUT2D eigenvalue weighted by atomic mass is 10.0. The molecule has 3 aromatic rings. The van der Waals surface area contributed by atoms with E-state index in [-0.39, 0.29) is 11.6 Å². The quantitative estimate of drug-likeness (QED) is 0.625. The molecule has 2 aromatic carbocycles. The highest BCUT2D eigenvalue weighted by molar-refractivity contribution is 6.17. The van der Waals surface area contributed by atoms with Crippen LogP contribution in [-0.4, -0.2) is 16.1 Å². The van der Waals surface area contributed by atoms with Gasteiger partial charge in [0.05, 0.1) is 5.56 Å². The van der Waals surface area contributed by atoms with Crippen LogP contribution in [0, 0.1) is 6.92 Å². The summed E-state index contributed by atoms with van der Waals surface area (Å²) in [6.45, 7) is 4.35. The van der Waals surface area contributed by atoms with Gasteiger partial charge in [0.15, 0.2) is 5.78 Å². The third-order valence-corrected chi connectivity index (χ3v) is 4.40. The Kier molecular flexibility index (Phi) is 4.61. The normalized spacial score (nSPS) is 10.9. The number of aromatic nitrogens is 1. The van der Waals surface area contributed by atoms with E-state index in [1.54, 1.807) is 6.92 Å². The summed E-state index contributed by atoms with van der Waals surface area (Å²) in [4.78, 5) is 24.2. The molecule has 24 heavy (non-hydrogen) atoms. The van der Waals surface area contributed by atoms with Crippen LogP contribution in [0.3, 0.4) is 0 Å². The monoisotopic (exact) mass is 319 g/mol. The Labute approximate surface area is 141 Å². The van der Waals surface area contributed by atoms with Gasteiger partial charge in [-0.25, -0.2) is 0 Å². The lowest BCUT2D eigenvalue weighted by molar-refractivity contribution is -0.117. The molecule has 0 unspecified atom stereocenters. The summed E-state index contributed by atoms with van der Waals surface area (Å²) < 4.78 is 2.16. The minimum Gasteiger partial charge on any atom is -0.344 e. The topological polar surface area (TPSA) is 39.1 Å². The highest BCUT2D eigenvalue weighted by Crippen LogP contribution is 2.28. The number of para-hydroxylation sites is 1. The molecular weight excluding hydrogens is 298 g/mol. The van der Waals surface area contributed by atoms with Crippen LogP contribution < -0.4 is 0 Å². The number of rotatable bonds is 6. The number of Topliss-reactive ketones (excluding diaryl/α,β-unsaturated/α-hetero) is 1. The third-order valence-electron chi connectivity index (χ3n) is 4.40. The molecule has 3 rings (SSSR count). The number of hydrogen-bond donors (Lipinski definition) is 0. The molecule has 0 aliphatic heterocycles. The van der Waals surface area contributed by atoms with Crippen LogP contribution in [0.2, 0.25) is 0 Å². The van der Waals surface area contributed by atoms with Crippen molar-refractivity contribution in [2.45, 2.75) is 33.2 Å². The van der Waals surface area contributed by atoms with Crippen molar-refractivity contribution in [3.05, 3.63) is 71.4 Å².